The van der Waals surface area contributed by atoms with Gasteiger partial charge in [0.2, 0.25) is 35.4 Å². The number of ether oxygens (including phenoxy) is 1. The standard InChI is InChI=1S/C54H78N8O7/c1-33(55-3)49(63)59-47(35-17-7-5-8-18-35)53(67)61-31-15-27-43(61)51(65)57-41-25-11-23-39-37(41)21-13-29-45(39)69-46-30-14-22-38-40(46)24-12-26-42(38)58-52(66)44-28-16-32-62(44)54(68)48(36-19-9-6-10-20-36)60-50(64)34(2)56-4/h13-14,21-22,29-30,33-36,41-44,47-48,55-56H,5-12,15-20,23-28,31-32H2,1-4H3,(H,57,65)(H,58,66)(H,59,63)(H,60,64)/t33-,34-,41+,42+,43-,44-,47-,48-/m0/s1. The van der Waals surface area contributed by atoms with E-state index < -0.39 is 36.3 Å². The number of amides is 6. The maximum atomic E-state index is 14.4. The Labute approximate surface area is 409 Å². The summed E-state index contributed by atoms with van der Waals surface area (Å²) in [6.45, 7) is 4.55. The van der Waals surface area contributed by atoms with Gasteiger partial charge in [-0.25, -0.2) is 0 Å². The first-order valence-electron chi connectivity index (χ1n) is 26.6. The molecule has 2 heterocycles. The zero-order valence-corrected chi connectivity index (χ0v) is 41.5. The highest BCUT2D eigenvalue weighted by Crippen LogP contribution is 2.42. The molecule has 15 heteroatoms. The molecule has 2 saturated heterocycles. The minimum atomic E-state index is -0.654. The van der Waals surface area contributed by atoms with E-state index in [9.17, 15) is 28.8 Å². The van der Waals surface area contributed by atoms with Crippen LogP contribution < -0.4 is 36.6 Å². The summed E-state index contributed by atoms with van der Waals surface area (Å²) in [6, 6.07) is 8.19. The number of carbonyl (C=O) groups is 6. The Morgan fingerprint density at radius 1 is 0.522 bits per heavy atom. The van der Waals surface area contributed by atoms with Gasteiger partial charge in [0, 0.05) is 24.2 Å². The topological polar surface area (TPSA) is 190 Å². The monoisotopic (exact) mass is 951 g/mol. The van der Waals surface area contributed by atoms with Crippen LogP contribution in [0.3, 0.4) is 0 Å². The molecule has 2 aromatic carbocycles. The molecule has 6 N–H and O–H groups in total. The smallest absolute Gasteiger partial charge is 0.246 e. The van der Waals surface area contributed by atoms with E-state index >= 15 is 0 Å². The summed E-state index contributed by atoms with van der Waals surface area (Å²) >= 11 is 0. The van der Waals surface area contributed by atoms with Crippen LogP contribution in [0.2, 0.25) is 0 Å². The number of fused-ring (bicyclic) bond motifs is 2. The van der Waals surface area contributed by atoms with E-state index in [1.54, 1.807) is 37.7 Å². The molecule has 8 rings (SSSR count). The molecule has 8 atom stereocenters. The maximum absolute atomic E-state index is 14.4. The zero-order chi connectivity index (χ0) is 48.6. The van der Waals surface area contributed by atoms with Gasteiger partial charge in [0.05, 0.1) is 24.2 Å². The molecule has 4 fully saturated rings. The van der Waals surface area contributed by atoms with Gasteiger partial charge in [-0.05, 0) is 153 Å². The second kappa shape index (κ2) is 23.3. The van der Waals surface area contributed by atoms with Crippen LogP contribution in [0.1, 0.15) is 164 Å². The van der Waals surface area contributed by atoms with Gasteiger partial charge >= 0.3 is 0 Å². The molecule has 6 aliphatic rings. The molecular formula is C54H78N8O7. The first-order valence-corrected chi connectivity index (χ1v) is 26.6. The second-order valence-electron chi connectivity index (χ2n) is 20.8. The second-order valence-corrected chi connectivity index (χ2v) is 20.8. The van der Waals surface area contributed by atoms with Crippen molar-refractivity contribution in [3.05, 3.63) is 58.7 Å². The third-order valence-electron chi connectivity index (χ3n) is 16.5. The van der Waals surface area contributed by atoms with Gasteiger partial charge in [0.15, 0.2) is 0 Å². The van der Waals surface area contributed by atoms with Gasteiger partial charge in [0.25, 0.3) is 0 Å². The maximum Gasteiger partial charge on any atom is 0.246 e. The Balaban J connectivity index is 0.939. The average Bonchev–Trinajstić information content (AvgIpc) is 4.09. The summed E-state index contributed by atoms with van der Waals surface area (Å²) in [5.74, 6) is 0.550. The lowest BCUT2D eigenvalue weighted by Gasteiger charge is -2.36. The Kier molecular flexibility index (Phi) is 17.0. The lowest BCUT2D eigenvalue weighted by atomic mass is 9.83. The third kappa shape index (κ3) is 11.5. The van der Waals surface area contributed by atoms with E-state index in [-0.39, 0.29) is 59.4 Å². The van der Waals surface area contributed by atoms with Crippen molar-refractivity contribution in [2.24, 2.45) is 11.8 Å². The van der Waals surface area contributed by atoms with Gasteiger partial charge in [-0.1, -0.05) is 62.8 Å². The largest absolute Gasteiger partial charge is 0.457 e. The van der Waals surface area contributed by atoms with E-state index in [1.165, 1.54) is 0 Å². The number of hydrogen-bond acceptors (Lipinski definition) is 9. The van der Waals surface area contributed by atoms with Crippen LogP contribution in [-0.4, -0.2) is 109 Å². The van der Waals surface area contributed by atoms with Crippen molar-refractivity contribution in [3.63, 3.8) is 0 Å². The van der Waals surface area contributed by atoms with Crippen molar-refractivity contribution >= 4 is 35.4 Å². The molecule has 0 radical (unpaired) electrons. The molecule has 2 aliphatic heterocycles. The Bertz CT molecular complexity index is 2020. The summed E-state index contributed by atoms with van der Waals surface area (Å²) in [4.78, 5) is 86.9. The van der Waals surface area contributed by atoms with Gasteiger partial charge in [0.1, 0.15) is 35.7 Å². The number of nitrogens with one attached hydrogen (secondary N) is 6. The summed E-state index contributed by atoms with van der Waals surface area (Å²) in [6.07, 6.45) is 17.3. The Morgan fingerprint density at radius 3 is 1.32 bits per heavy atom. The molecule has 6 amide bonds. The van der Waals surface area contributed by atoms with Gasteiger partial charge in [-0.2, -0.15) is 0 Å². The number of rotatable bonds is 16. The van der Waals surface area contributed by atoms with Gasteiger partial charge in [-0.15, -0.1) is 0 Å². The third-order valence-corrected chi connectivity index (χ3v) is 16.5. The predicted octanol–water partition coefficient (Wildman–Crippen LogP) is 5.79. The van der Waals surface area contributed by atoms with E-state index in [0.29, 0.717) is 25.9 Å². The lowest BCUT2D eigenvalue weighted by Crippen LogP contribution is -2.58. The van der Waals surface area contributed by atoms with E-state index in [4.69, 9.17) is 4.74 Å². The molecular weight excluding hydrogens is 873 g/mol. The van der Waals surface area contributed by atoms with Crippen molar-refractivity contribution < 1.29 is 33.5 Å². The minimum absolute atomic E-state index is 0.0472. The first kappa shape index (κ1) is 50.4. The molecule has 376 valence electrons. The molecule has 0 unspecified atom stereocenters. The molecule has 69 heavy (non-hydrogen) atoms. The molecule has 2 saturated carbocycles. The molecule has 0 aromatic heterocycles. The summed E-state index contributed by atoms with van der Waals surface area (Å²) < 4.78 is 6.85. The van der Waals surface area contributed by atoms with Crippen LogP contribution in [0.4, 0.5) is 0 Å². The summed E-state index contributed by atoms with van der Waals surface area (Å²) in [7, 11) is 3.46. The van der Waals surface area contributed by atoms with Crippen molar-refractivity contribution in [1.82, 2.24) is 41.7 Å². The minimum Gasteiger partial charge on any atom is -0.457 e. The quantitative estimate of drug-likeness (QED) is 0.121. The normalized spacial score (nSPS) is 24.8. The Morgan fingerprint density at radius 2 is 0.928 bits per heavy atom. The molecule has 2 aromatic rings. The van der Waals surface area contributed by atoms with Crippen molar-refractivity contribution in [1.29, 1.82) is 0 Å². The van der Waals surface area contributed by atoms with Crippen molar-refractivity contribution in [2.45, 2.75) is 191 Å². The van der Waals surface area contributed by atoms with Crippen molar-refractivity contribution in [3.8, 4) is 11.5 Å². The van der Waals surface area contributed by atoms with Gasteiger partial charge in [-0.3, -0.25) is 28.8 Å². The lowest BCUT2D eigenvalue weighted by molar-refractivity contribution is -0.143. The highest BCUT2D eigenvalue weighted by molar-refractivity contribution is 5.95. The first-order chi connectivity index (χ1) is 33.5. The number of hydrogen-bond donors (Lipinski definition) is 6. The number of nitrogens with zero attached hydrogens (tertiary/aromatic N) is 2. The number of likely N-dealkylation sites (N-methyl/N-ethyl adjacent to an activating group) is 2. The number of carbonyl (C=O) groups excluding carboxylic acids is 6. The van der Waals surface area contributed by atoms with E-state index in [2.05, 4.69) is 44.0 Å². The molecule has 15 nitrogen and oxygen atoms in total. The fourth-order valence-corrected chi connectivity index (χ4v) is 12.3. The van der Waals surface area contributed by atoms with E-state index in [1.807, 2.05) is 24.3 Å². The summed E-state index contributed by atoms with van der Waals surface area (Å²) in [5, 5.41) is 18.8. The van der Waals surface area contributed by atoms with Crippen LogP contribution in [0, 0.1) is 11.8 Å². The fraction of sp³-hybridized carbons (Fsp3) is 0.667. The number of likely N-dealkylation sites (tertiary alicyclic amines) is 2. The van der Waals surface area contributed by atoms with Crippen LogP contribution in [-0.2, 0) is 41.6 Å². The highest BCUT2D eigenvalue weighted by atomic mass is 16.5. The average molecular weight is 951 g/mol. The molecule has 0 bridgehead atoms. The Hall–Kier alpha value is -5.02. The SMILES string of the molecule is CN[C@@H](C)C(=O)N[C@H](C(=O)N1CCC[C@H]1C(=O)N[C@@H]1CCCc2c(Oc3cccc4c3CCC[C@H]4NC(=O)[C@@H]3CCCN3C(=O)[C@@H](NC(=O)[C@H](C)NC)C3CCCCC3)cccc21)C1CCCCC1. The number of benzene rings is 2. The zero-order valence-electron chi connectivity index (χ0n) is 41.5. The summed E-state index contributed by atoms with van der Waals surface area (Å²) in [5.41, 5.74) is 4.15. The van der Waals surface area contributed by atoms with E-state index in [0.717, 1.165) is 149 Å². The molecule has 0 spiro atoms. The van der Waals surface area contributed by atoms with Crippen LogP contribution in [0.5, 0.6) is 11.5 Å². The van der Waals surface area contributed by atoms with Crippen molar-refractivity contribution in [2.75, 3.05) is 27.2 Å². The van der Waals surface area contributed by atoms with Crippen LogP contribution >= 0.6 is 0 Å². The molecule has 4 aliphatic carbocycles. The van der Waals surface area contributed by atoms with Crippen LogP contribution in [0.25, 0.3) is 0 Å². The highest BCUT2D eigenvalue weighted by Gasteiger charge is 2.44. The predicted molar refractivity (Wildman–Crippen MR) is 264 cm³/mol. The fourth-order valence-electron chi connectivity index (χ4n) is 12.3. The van der Waals surface area contributed by atoms with Crippen LogP contribution in [0.15, 0.2) is 36.4 Å². The van der Waals surface area contributed by atoms with Gasteiger partial charge < -0.3 is 46.4 Å².